The van der Waals surface area contributed by atoms with Crippen LogP contribution in [0.15, 0.2) is 61.4 Å². The highest BCUT2D eigenvalue weighted by atomic mass is 35.5. The lowest BCUT2D eigenvalue weighted by molar-refractivity contribution is 0.0636. The zero-order chi connectivity index (χ0) is 30.0. The van der Waals surface area contributed by atoms with Gasteiger partial charge in [-0.15, -0.1) is 12.4 Å². The third-order valence-electron chi connectivity index (χ3n) is 6.39. The first-order valence-corrected chi connectivity index (χ1v) is 13.8. The largest absolute Gasteiger partial charge is 0.444 e. The van der Waals surface area contributed by atoms with E-state index in [1.54, 1.807) is 18.6 Å². The maximum atomic E-state index is 12.0. The van der Waals surface area contributed by atoms with E-state index in [-0.39, 0.29) is 18.4 Å². The van der Waals surface area contributed by atoms with Crippen molar-refractivity contribution in [3.05, 3.63) is 61.4 Å². The molecule has 0 aliphatic heterocycles. The van der Waals surface area contributed by atoms with Gasteiger partial charge in [-0.05, 0) is 65.8 Å². The summed E-state index contributed by atoms with van der Waals surface area (Å²) in [7, 11) is 0. The van der Waals surface area contributed by atoms with Gasteiger partial charge >= 0.3 is 6.09 Å². The summed E-state index contributed by atoms with van der Waals surface area (Å²) in [5.74, 6) is 0. The number of fused-ring (bicyclic) bond motifs is 2. The zero-order valence-electron chi connectivity index (χ0n) is 25.0. The predicted octanol–water partition coefficient (Wildman–Crippen LogP) is 6.80. The van der Waals surface area contributed by atoms with E-state index >= 15 is 0 Å². The van der Waals surface area contributed by atoms with Crippen molar-refractivity contribution in [2.24, 2.45) is 0 Å². The highest BCUT2D eigenvalue weighted by Gasteiger charge is 2.18. The van der Waals surface area contributed by atoms with Crippen LogP contribution in [0.2, 0.25) is 0 Å². The highest BCUT2D eigenvalue weighted by molar-refractivity contribution is 5.98. The number of carbonyl (C=O) groups excluding carboxylic acids is 1. The Hall–Kier alpha value is -4.84. The second-order valence-corrected chi connectivity index (χ2v) is 11.1. The van der Waals surface area contributed by atoms with Crippen LogP contribution in [0.5, 0.6) is 0 Å². The molecular formula is C30H37ClN10O2. The highest BCUT2D eigenvalue weighted by Crippen LogP contribution is 2.27. The Morgan fingerprint density at radius 2 is 1.56 bits per heavy atom. The topological polar surface area (TPSA) is 157 Å². The maximum Gasteiger partial charge on any atom is 0.412 e. The van der Waals surface area contributed by atoms with Gasteiger partial charge in [0.1, 0.15) is 16.6 Å². The van der Waals surface area contributed by atoms with E-state index in [1.807, 2.05) is 73.0 Å². The lowest BCUT2D eigenvalue weighted by atomic mass is 10.2. The summed E-state index contributed by atoms with van der Waals surface area (Å²) in [5, 5.41) is 11.3. The summed E-state index contributed by atoms with van der Waals surface area (Å²) >= 11 is 0. The number of pyridine rings is 2. The molecule has 0 saturated carbocycles. The van der Waals surface area contributed by atoms with Gasteiger partial charge in [-0.2, -0.15) is 10.2 Å². The molecule has 0 bridgehead atoms. The van der Waals surface area contributed by atoms with Gasteiger partial charge in [-0.1, -0.05) is 0 Å². The first kappa shape index (κ1) is 31.1. The molecule has 12 nitrogen and oxygen atoms in total. The van der Waals surface area contributed by atoms with Crippen LogP contribution in [0.25, 0.3) is 44.6 Å². The van der Waals surface area contributed by atoms with Crippen molar-refractivity contribution in [1.29, 1.82) is 0 Å². The van der Waals surface area contributed by atoms with E-state index in [4.69, 9.17) is 10.5 Å². The van der Waals surface area contributed by atoms with Gasteiger partial charge in [-0.3, -0.25) is 14.7 Å². The predicted molar refractivity (Wildman–Crippen MR) is 172 cm³/mol. The fourth-order valence-corrected chi connectivity index (χ4v) is 4.27. The molecule has 0 saturated heterocycles. The Kier molecular flexibility index (Phi) is 9.10. The number of aromatic nitrogens is 8. The number of aryl methyl sites for hydroxylation is 1. The number of nitrogens with two attached hydrogens (primary N) is 1. The number of amides is 1. The number of hydrogen-bond donors (Lipinski definition) is 4. The molecule has 13 heteroatoms. The average molecular weight is 605 g/mol. The maximum absolute atomic E-state index is 12.0. The number of nitrogen functional groups attached to an aromatic ring is 1. The summed E-state index contributed by atoms with van der Waals surface area (Å²) in [6.07, 6.45) is 10.5. The van der Waals surface area contributed by atoms with Gasteiger partial charge in [0.15, 0.2) is 0 Å². The number of hydrogen-bond acceptors (Lipinski definition) is 7. The number of nitrogens with zero attached hydrogens (tertiary/aromatic N) is 6. The Labute approximate surface area is 255 Å². The molecule has 0 aliphatic rings. The fourth-order valence-electron chi connectivity index (χ4n) is 4.27. The van der Waals surface area contributed by atoms with Crippen LogP contribution in [0.3, 0.4) is 0 Å². The van der Waals surface area contributed by atoms with Crippen molar-refractivity contribution in [1.82, 2.24) is 39.5 Å². The Morgan fingerprint density at radius 1 is 0.953 bits per heavy atom. The minimum atomic E-state index is -0.555. The number of carbonyl (C=O) groups is 1. The first-order chi connectivity index (χ1) is 20.0. The van der Waals surface area contributed by atoms with Crippen LogP contribution in [-0.4, -0.2) is 51.2 Å². The van der Waals surface area contributed by atoms with Crippen molar-refractivity contribution < 1.29 is 9.53 Å². The summed E-state index contributed by atoms with van der Waals surface area (Å²) < 4.78 is 9.06. The summed E-state index contributed by atoms with van der Waals surface area (Å²) in [4.78, 5) is 27.4. The Balaban J connectivity index is 0.000000205. The lowest BCUT2D eigenvalue weighted by Gasteiger charge is -2.19. The molecule has 0 fully saturated rings. The van der Waals surface area contributed by atoms with Gasteiger partial charge in [0, 0.05) is 48.5 Å². The van der Waals surface area contributed by atoms with Gasteiger partial charge in [0.2, 0.25) is 0 Å². The SMILES string of the molecule is CC(C)n1cc(-c2ccc3[nH]cc(NC(=O)OC(C)(C)C)c3n2)cn1.CCn1cc(-c2ccc3[nH]cc(N)c3n2)cn1.Cl. The molecule has 0 aliphatic carbocycles. The number of halogens is 1. The van der Waals surface area contributed by atoms with Crippen molar-refractivity contribution >= 4 is 51.9 Å². The quantitative estimate of drug-likeness (QED) is 0.168. The lowest BCUT2D eigenvalue weighted by Crippen LogP contribution is -2.27. The second kappa shape index (κ2) is 12.6. The molecule has 43 heavy (non-hydrogen) atoms. The van der Waals surface area contributed by atoms with Crippen LogP contribution < -0.4 is 11.1 Å². The van der Waals surface area contributed by atoms with Crippen LogP contribution >= 0.6 is 12.4 Å². The van der Waals surface area contributed by atoms with Gasteiger partial charge in [-0.25, -0.2) is 14.8 Å². The van der Waals surface area contributed by atoms with E-state index in [0.29, 0.717) is 16.9 Å². The van der Waals surface area contributed by atoms with E-state index in [0.717, 1.165) is 45.6 Å². The Bertz CT molecular complexity index is 1840. The summed E-state index contributed by atoms with van der Waals surface area (Å²) in [6.45, 7) is 12.5. The molecule has 6 heterocycles. The molecule has 5 N–H and O–H groups in total. The number of ether oxygens (including phenoxy) is 1. The number of rotatable bonds is 5. The summed E-state index contributed by atoms with van der Waals surface area (Å²) in [6, 6.07) is 8.10. The van der Waals surface area contributed by atoms with E-state index in [1.165, 1.54) is 0 Å². The zero-order valence-corrected chi connectivity index (χ0v) is 25.9. The fraction of sp³-hybridized carbons (Fsp3) is 0.300. The Morgan fingerprint density at radius 3 is 2.16 bits per heavy atom. The van der Waals surface area contributed by atoms with Crippen molar-refractivity contribution in [2.75, 3.05) is 11.1 Å². The van der Waals surface area contributed by atoms with Crippen LogP contribution in [0, 0.1) is 0 Å². The van der Waals surface area contributed by atoms with Gasteiger partial charge in [0.25, 0.3) is 0 Å². The van der Waals surface area contributed by atoms with Gasteiger partial charge < -0.3 is 20.4 Å². The average Bonchev–Trinajstić information content (AvgIpc) is 3.75. The van der Waals surface area contributed by atoms with E-state index < -0.39 is 11.7 Å². The molecule has 226 valence electrons. The molecule has 6 rings (SSSR count). The molecule has 0 atom stereocenters. The molecule has 6 aromatic rings. The number of aromatic amines is 2. The standard InChI is InChI=1S/C18H23N5O2.C12H13N5.ClH/c1-11(2)23-10-12(8-20-23)13-6-7-14-16(21-13)15(9-19-14)22-17(24)25-18(3,4)5;1-2-17-7-8(5-15-17)10-3-4-11-12(16-10)9(13)6-14-11;/h6-11,19H,1-5H3,(H,22,24);3-7,14H,2,13H2,1H3;1H. The van der Waals surface area contributed by atoms with Crippen molar-refractivity contribution in [3.63, 3.8) is 0 Å². The third-order valence-corrected chi connectivity index (χ3v) is 6.39. The summed E-state index contributed by atoms with van der Waals surface area (Å²) in [5.41, 5.74) is 13.5. The minimum Gasteiger partial charge on any atom is -0.444 e. The minimum absolute atomic E-state index is 0. The van der Waals surface area contributed by atoms with Crippen LogP contribution in [0.1, 0.15) is 47.6 Å². The molecule has 6 aromatic heterocycles. The van der Waals surface area contributed by atoms with Crippen molar-refractivity contribution in [2.45, 2.75) is 59.7 Å². The molecular weight excluding hydrogens is 568 g/mol. The molecule has 0 radical (unpaired) electrons. The monoisotopic (exact) mass is 604 g/mol. The number of H-pyrrole nitrogens is 2. The molecule has 0 aromatic carbocycles. The van der Waals surface area contributed by atoms with Crippen LogP contribution in [0.4, 0.5) is 16.2 Å². The molecule has 0 spiro atoms. The van der Waals surface area contributed by atoms with Gasteiger partial charge in [0.05, 0.1) is 46.2 Å². The van der Waals surface area contributed by atoms with Crippen molar-refractivity contribution in [3.8, 4) is 22.5 Å². The van der Waals surface area contributed by atoms with Crippen LogP contribution in [-0.2, 0) is 11.3 Å². The smallest absolute Gasteiger partial charge is 0.412 e. The van der Waals surface area contributed by atoms with E-state index in [9.17, 15) is 4.79 Å². The molecule has 0 unspecified atom stereocenters. The molecule has 1 amide bonds. The number of nitrogens with one attached hydrogen (secondary N) is 3. The number of anilines is 2. The van der Waals surface area contributed by atoms with E-state index in [2.05, 4.69) is 56.2 Å². The second-order valence-electron chi connectivity index (χ2n) is 11.1. The normalized spacial score (nSPS) is 11.3. The third kappa shape index (κ3) is 7.15. The first-order valence-electron chi connectivity index (χ1n) is 13.8.